The maximum Gasteiger partial charge on any atom is 0.120 e. The molecule has 2 aromatic carbocycles. The summed E-state index contributed by atoms with van der Waals surface area (Å²) < 4.78 is 5.50. The van der Waals surface area contributed by atoms with E-state index in [1.54, 1.807) is 12.1 Å². The van der Waals surface area contributed by atoms with Gasteiger partial charge >= 0.3 is 0 Å². The molecule has 1 atom stereocenters. The number of aliphatic hydroxyl groups is 1. The number of hydrogen-bond donors (Lipinski definition) is 1. The number of halogens is 1. The molecule has 0 aromatic heterocycles. The second kappa shape index (κ2) is 7.17. The van der Waals surface area contributed by atoms with Gasteiger partial charge in [-0.15, -0.1) is 0 Å². The Morgan fingerprint density at radius 3 is 2.58 bits per heavy atom. The lowest BCUT2D eigenvalue weighted by atomic mass is 10.1. The Labute approximate surface area is 118 Å². The Hall–Kier alpha value is -1.51. The van der Waals surface area contributed by atoms with Gasteiger partial charge in [0.1, 0.15) is 12.4 Å². The molecular weight excluding hydrogens is 260 g/mol. The molecule has 0 saturated carbocycles. The Balaban J connectivity index is 1.74. The van der Waals surface area contributed by atoms with E-state index >= 15 is 0 Å². The highest BCUT2D eigenvalue weighted by atomic mass is 35.5. The summed E-state index contributed by atoms with van der Waals surface area (Å²) >= 11 is 5.86. The zero-order valence-electron chi connectivity index (χ0n) is 10.6. The highest BCUT2D eigenvalue weighted by Crippen LogP contribution is 2.17. The molecule has 3 heteroatoms. The summed E-state index contributed by atoms with van der Waals surface area (Å²) in [6.45, 7) is 0.285. The Morgan fingerprint density at radius 1 is 1.05 bits per heavy atom. The molecule has 2 aromatic rings. The standard InChI is InChI=1S/C16H17ClO2/c17-14-7-4-8-16(11-14)19-12-15(18)10-9-13-5-2-1-3-6-13/h1-8,11,15,18H,9-10,12H2. The van der Waals surface area contributed by atoms with E-state index in [9.17, 15) is 5.11 Å². The minimum absolute atomic E-state index is 0.285. The lowest BCUT2D eigenvalue weighted by molar-refractivity contribution is 0.100. The third kappa shape index (κ3) is 4.93. The molecule has 2 rings (SSSR count). The van der Waals surface area contributed by atoms with E-state index in [1.165, 1.54) is 5.56 Å². The predicted octanol–water partition coefficient (Wildman–Crippen LogP) is 3.71. The Morgan fingerprint density at radius 2 is 1.84 bits per heavy atom. The first-order valence-corrected chi connectivity index (χ1v) is 6.72. The van der Waals surface area contributed by atoms with Crippen molar-refractivity contribution >= 4 is 11.6 Å². The molecule has 0 aliphatic heterocycles. The van der Waals surface area contributed by atoms with E-state index in [0.29, 0.717) is 17.2 Å². The maximum absolute atomic E-state index is 9.88. The minimum atomic E-state index is -0.473. The third-order valence-electron chi connectivity index (χ3n) is 2.85. The second-order valence-electron chi connectivity index (χ2n) is 4.45. The van der Waals surface area contributed by atoms with Crippen molar-refractivity contribution in [1.82, 2.24) is 0 Å². The second-order valence-corrected chi connectivity index (χ2v) is 4.88. The maximum atomic E-state index is 9.88. The van der Waals surface area contributed by atoms with Crippen molar-refractivity contribution < 1.29 is 9.84 Å². The number of aryl methyl sites for hydroxylation is 1. The molecule has 0 radical (unpaired) electrons. The molecule has 19 heavy (non-hydrogen) atoms. The fourth-order valence-corrected chi connectivity index (χ4v) is 1.99. The van der Waals surface area contributed by atoms with E-state index < -0.39 is 6.10 Å². The van der Waals surface area contributed by atoms with Crippen molar-refractivity contribution in [2.75, 3.05) is 6.61 Å². The summed E-state index contributed by atoms with van der Waals surface area (Å²) in [7, 11) is 0. The molecule has 0 spiro atoms. The van der Waals surface area contributed by atoms with Crippen LogP contribution in [0.5, 0.6) is 5.75 Å². The quantitative estimate of drug-likeness (QED) is 0.871. The number of rotatable bonds is 6. The van der Waals surface area contributed by atoms with Crippen molar-refractivity contribution in [3.63, 3.8) is 0 Å². The molecule has 2 nitrogen and oxygen atoms in total. The highest BCUT2D eigenvalue weighted by Gasteiger charge is 2.06. The summed E-state index contributed by atoms with van der Waals surface area (Å²) in [4.78, 5) is 0. The molecule has 0 bridgehead atoms. The molecular formula is C16H17ClO2. The van der Waals surface area contributed by atoms with Crippen LogP contribution in [0.25, 0.3) is 0 Å². The predicted molar refractivity (Wildman–Crippen MR) is 77.7 cm³/mol. The minimum Gasteiger partial charge on any atom is -0.491 e. The van der Waals surface area contributed by atoms with Crippen molar-refractivity contribution in [1.29, 1.82) is 0 Å². The molecule has 1 unspecified atom stereocenters. The molecule has 0 aliphatic carbocycles. The van der Waals surface area contributed by atoms with Crippen LogP contribution in [0.1, 0.15) is 12.0 Å². The van der Waals surface area contributed by atoms with Crippen molar-refractivity contribution in [3.8, 4) is 5.75 Å². The largest absolute Gasteiger partial charge is 0.491 e. The summed E-state index contributed by atoms with van der Waals surface area (Å²) in [5.74, 6) is 0.686. The van der Waals surface area contributed by atoms with Crippen molar-refractivity contribution in [2.45, 2.75) is 18.9 Å². The van der Waals surface area contributed by atoms with Crippen molar-refractivity contribution in [3.05, 3.63) is 65.2 Å². The van der Waals surface area contributed by atoms with Gasteiger partial charge in [0.05, 0.1) is 6.10 Å². The van der Waals surface area contributed by atoms with Crippen LogP contribution in [0.3, 0.4) is 0 Å². The van der Waals surface area contributed by atoms with Gasteiger partial charge in [-0.3, -0.25) is 0 Å². The average molecular weight is 277 g/mol. The van der Waals surface area contributed by atoms with Crippen LogP contribution in [0.2, 0.25) is 5.02 Å². The van der Waals surface area contributed by atoms with E-state index in [-0.39, 0.29) is 6.61 Å². The zero-order valence-corrected chi connectivity index (χ0v) is 11.4. The highest BCUT2D eigenvalue weighted by molar-refractivity contribution is 6.30. The van der Waals surface area contributed by atoms with E-state index in [2.05, 4.69) is 12.1 Å². The molecule has 0 fully saturated rings. The smallest absolute Gasteiger partial charge is 0.120 e. The van der Waals surface area contributed by atoms with Gasteiger partial charge in [0.25, 0.3) is 0 Å². The summed E-state index contributed by atoms with van der Waals surface area (Å²) in [5, 5.41) is 10.5. The Bertz CT molecular complexity index is 499. The number of benzene rings is 2. The summed E-state index contributed by atoms with van der Waals surface area (Å²) in [6, 6.07) is 17.3. The number of ether oxygens (including phenoxy) is 1. The van der Waals surface area contributed by atoms with Gasteiger partial charge in [-0.1, -0.05) is 48.0 Å². The Kier molecular flexibility index (Phi) is 5.25. The van der Waals surface area contributed by atoms with Crippen LogP contribution in [-0.2, 0) is 6.42 Å². The van der Waals surface area contributed by atoms with Gasteiger partial charge in [0.15, 0.2) is 0 Å². The van der Waals surface area contributed by atoms with Crippen LogP contribution < -0.4 is 4.74 Å². The van der Waals surface area contributed by atoms with Crippen LogP contribution in [0.15, 0.2) is 54.6 Å². The molecule has 0 aliphatic rings. The van der Waals surface area contributed by atoms with Crippen LogP contribution in [-0.4, -0.2) is 17.8 Å². The first kappa shape index (κ1) is 13.9. The van der Waals surface area contributed by atoms with Gasteiger partial charge in [0.2, 0.25) is 0 Å². The van der Waals surface area contributed by atoms with Gasteiger partial charge in [-0.25, -0.2) is 0 Å². The molecule has 0 heterocycles. The lowest BCUT2D eigenvalue weighted by Gasteiger charge is -2.12. The average Bonchev–Trinajstić information content (AvgIpc) is 2.44. The van der Waals surface area contributed by atoms with Gasteiger partial charge in [0, 0.05) is 5.02 Å². The summed E-state index contributed by atoms with van der Waals surface area (Å²) in [6.07, 6.45) is 1.06. The number of aliphatic hydroxyl groups excluding tert-OH is 1. The van der Waals surface area contributed by atoms with Crippen LogP contribution >= 0.6 is 11.6 Å². The SMILES string of the molecule is OC(CCc1ccccc1)COc1cccc(Cl)c1. The van der Waals surface area contributed by atoms with E-state index in [0.717, 1.165) is 6.42 Å². The van der Waals surface area contributed by atoms with Crippen LogP contribution in [0, 0.1) is 0 Å². The molecule has 100 valence electrons. The third-order valence-corrected chi connectivity index (χ3v) is 3.08. The number of hydrogen-bond acceptors (Lipinski definition) is 2. The summed E-state index contributed by atoms with van der Waals surface area (Å²) in [5.41, 5.74) is 1.23. The first-order chi connectivity index (χ1) is 9.24. The van der Waals surface area contributed by atoms with E-state index in [1.807, 2.05) is 30.3 Å². The van der Waals surface area contributed by atoms with Gasteiger partial charge < -0.3 is 9.84 Å². The normalized spacial score (nSPS) is 12.1. The van der Waals surface area contributed by atoms with Gasteiger partial charge in [-0.2, -0.15) is 0 Å². The monoisotopic (exact) mass is 276 g/mol. The van der Waals surface area contributed by atoms with Crippen molar-refractivity contribution in [2.24, 2.45) is 0 Å². The fourth-order valence-electron chi connectivity index (χ4n) is 1.81. The van der Waals surface area contributed by atoms with Gasteiger partial charge in [-0.05, 0) is 36.6 Å². The van der Waals surface area contributed by atoms with Crippen LogP contribution in [0.4, 0.5) is 0 Å². The molecule has 0 saturated heterocycles. The fraction of sp³-hybridized carbons (Fsp3) is 0.250. The first-order valence-electron chi connectivity index (χ1n) is 6.34. The molecule has 1 N–H and O–H groups in total. The topological polar surface area (TPSA) is 29.5 Å². The van der Waals surface area contributed by atoms with E-state index in [4.69, 9.17) is 16.3 Å². The zero-order chi connectivity index (χ0) is 13.5. The lowest BCUT2D eigenvalue weighted by Crippen LogP contribution is -2.18. The molecule has 0 amide bonds.